The van der Waals surface area contributed by atoms with Gasteiger partial charge in [-0.05, 0) is 136 Å². The smallest absolute Gasteiger partial charge is 0.157 e. The Kier molecular flexibility index (Phi) is 20.4. The van der Waals surface area contributed by atoms with Crippen molar-refractivity contribution in [3.63, 3.8) is 0 Å². The molecule has 0 spiro atoms. The first-order valence-corrected chi connectivity index (χ1v) is 28.4. The lowest BCUT2D eigenvalue weighted by Gasteiger charge is -2.21. The van der Waals surface area contributed by atoms with Gasteiger partial charge in [-0.25, -0.2) is 0 Å². The molecule has 4 saturated heterocycles. The number of aromatic hydroxyl groups is 9. The third-order valence-electron chi connectivity index (χ3n) is 16.1. The highest BCUT2D eigenvalue weighted by atomic mass is 79.9. The summed E-state index contributed by atoms with van der Waals surface area (Å²) < 4.78 is 0. The van der Waals surface area contributed by atoms with Gasteiger partial charge in [-0.3, -0.25) is 0 Å². The van der Waals surface area contributed by atoms with Crippen molar-refractivity contribution in [2.45, 2.75) is 61.2 Å². The van der Waals surface area contributed by atoms with Crippen LogP contribution in [0.2, 0.25) is 10.0 Å². The van der Waals surface area contributed by atoms with Crippen LogP contribution in [0.1, 0.15) is 102 Å². The molecule has 13 nitrogen and oxygen atoms in total. The summed E-state index contributed by atoms with van der Waals surface area (Å²) in [5.74, 6) is 1.72. The summed E-state index contributed by atoms with van der Waals surface area (Å²) in [6, 6.07) is 43.9. The van der Waals surface area contributed by atoms with Gasteiger partial charge in [0, 0.05) is 110 Å². The normalized spacial score (nSPS) is 21.8. The summed E-state index contributed by atoms with van der Waals surface area (Å²) in [6.07, 6.45) is 0. The highest BCUT2D eigenvalue weighted by Crippen LogP contribution is 2.46. The van der Waals surface area contributed by atoms with E-state index in [0.717, 1.165) is 90.8 Å². The maximum atomic E-state index is 9.77. The molecule has 8 atom stereocenters. The van der Waals surface area contributed by atoms with E-state index in [4.69, 9.17) is 23.2 Å². The molecule has 81 heavy (non-hydrogen) atoms. The Bertz CT molecular complexity index is 3310. The monoisotopic (exact) mass is 1220 g/mol. The average Bonchev–Trinajstić information content (AvgIpc) is 4.36. The molecule has 4 fully saturated rings. The van der Waals surface area contributed by atoms with Crippen LogP contribution in [0.25, 0.3) is 0 Å². The average molecular weight is 1220 g/mol. The Balaban J connectivity index is 0.000000141. The lowest BCUT2D eigenvalue weighted by molar-refractivity contribution is 0.402. The van der Waals surface area contributed by atoms with Gasteiger partial charge in [0.15, 0.2) is 46.0 Å². The van der Waals surface area contributed by atoms with Gasteiger partial charge in [0.25, 0.3) is 0 Å². The van der Waals surface area contributed by atoms with Crippen molar-refractivity contribution < 1.29 is 46.0 Å². The van der Waals surface area contributed by atoms with E-state index in [1.165, 1.54) is 33.7 Å². The van der Waals surface area contributed by atoms with Crippen LogP contribution in [0, 0.1) is 13.8 Å². The number of phenolic OH excluding ortho intramolecular Hbond substituents is 9. The lowest BCUT2D eigenvalue weighted by Crippen LogP contribution is -2.10. The summed E-state index contributed by atoms with van der Waals surface area (Å²) >= 11 is 14.3. The van der Waals surface area contributed by atoms with Gasteiger partial charge in [0.05, 0.1) is 5.02 Å². The van der Waals surface area contributed by atoms with Crippen LogP contribution in [0.4, 0.5) is 0 Å². The second kappa shape index (κ2) is 27.4. The predicted molar refractivity (Wildman–Crippen MR) is 328 cm³/mol. The van der Waals surface area contributed by atoms with Crippen molar-refractivity contribution in [1.82, 2.24) is 21.3 Å². The quantitative estimate of drug-likeness (QED) is 0.0636. The first-order chi connectivity index (χ1) is 38.6. The van der Waals surface area contributed by atoms with Gasteiger partial charge in [-0.1, -0.05) is 102 Å². The number of hydrogen-bond acceptors (Lipinski definition) is 14. The zero-order valence-corrected chi connectivity index (χ0v) is 48.8. The van der Waals surface area contributed by atoms with Crippen LogP contribution >= 0.6 is 51.5 Å². The molecule has 0 aliphatic carbocycles. The van der Waals surface area contributed by atoms with Crippen LogP contribution in [0.3, 0.4) is 0 Å². The van der Waals surface area contributed by atoms with Crippen LogP contribution in [-0.2, 0) is 0 Å². The van der Waals surface area contributed by atoms with Crippen LogP contribution in [0.5, 0.6) is 51.7 Å². The van der Waals surface area contributed by atoms with Crippen molar-refractivity contribution in [1.29, 1.82) is 0 Å². The fourth-order valence-corrected chi connectivity index (χ4v) is 13.5. The Hall–Kier alpha value is -6.66. The minimum Gasteiger partial charge on any atom is -0.506 e. The van der Waals surface area contributed by atoms with Gasteiger partial charge < -0.3 is 67.2 Å². The molecule has 0 radical (unpaired) electrons. The van der Waals surface area contributed by atoms with Gasteiger partial charge in [-0.2, -0.15) is 0 Å². The molecule has 426 valence electrons. The minimum atomic E-state index is -0.128. The van der Waals surface area contributed by atoms with Gasteiger partial charge in [0.1, 0.15) is 5.75 Å². The topological polar surface area (TPSA) is 230 Å². The number of aryl methyl sites for hydroxylation is 2. The Morgan fingerprint density at radius 2 is 0.704 bits per heavy atom. The molecular formula is C64H69BrCl2N4O9S. The number of nitrogens with one attached hydrogen (secondary N) is 4. The van der Waals surface area contributed by atoms with Crippen molar-refractivity contribution in [3.05, 3.63) is 216 Å². The SMILES string of the molecule is Br.Cc1ccccc1C1CNCC1c1ccc(O)c(O)c1.Cc1ccsc1C1CNCC1c1ccc(O)c(O)c1.Oc1ccc(C2CNCC2c2cccc(O)c2Cl)cc1O.Oc1ccc(C2CNCC2c2ccccc2Cl)cc1O. The molecule has 12 rings (SSSR count). The molecule has 17 heteroatoms. The Morgan fingerprint density at radius 3 is 1.11 bits per heavy atom. The molecule has 5 heterocycles. The standard InChI is InChI=1S/C17H19NO2.C16H16ClNO3.C16H16ClNO2.C15H17NO2S.BrH/c1-11-4-2-3-5-13(11)15-10-18-9-14(15)12-6-7-16(19)17(20)8-12;17-16-10(2-1-3-14(16)20)12-8-18-7-11(12)9-4-5-13(19)15(21)6-9;17-14-4-2-1-3-11(14)13-9-18-8-12(13)10-5-6-15(19)16(20)7-10;1-9-4-5-19-15(9)12-8-16-7-11(12)10-2-3-13(17)14(18)6-10;/h2-8,14-15,18-20H,9-10H2,1H3;1-6,11-12,18-21H,7-8H2;1-7,12-13,18-20H,8-9H2;2-6,11-12,16-18H,7-8H2,1H3;1H. The fraction of sp³-hybridized carbons (Fsp3) is 0.281. The summed E-state index contributed by atoms with van der Waals surface area (Å²) in [4.78, 5) is 1.42. The Labute approximate surface area is 497 Å². The summed E-state index contributed by atoms with van der Waals surface area (Å²) in [5, 5.41) is 103. The molecule has 0 amide bonds. The van der Waals surface area contributed by atoms with Gasteiger partial charge in [0.2, 0.25) is 0 Å². The van der Waals surface area contributed by atoms with E-state index in [9.17, 15) is 46.0 Å². The number of thiophene rings is 1. The van der Waals surface area contributed by atoms with Crippen LogP contribution in [-0.4, -0.2) is 98.3 Å². The molecule has 0 saturated carbocycles. The first kappa shape index (κ1) is 60.4. The predicted octanol–water partition coefficient (Wildman–Crippen LogP) is 12.5. The number of rotatable bonds is 8. The van der Waals surface area contributed by atoms with Crippen molar-refractivity contribution in [2.24, 2.45) is 0 Å². The highest BCUT2D eigenvalue weighted by molar-refractivity contribution is 8.93. The number of hydrogen-bond donors (Lipinski definition) is 13. The molecule has 4 aliphatic heterocycles. The maximum absolute atomic E-state index is 9.77. The second-order valence-corrected chi connectivity index (χ2v) is 22.7. The number of phenols is 9. The first-order valence-electron chi connectivity index (χ1n) is 26.8. The van der Waals surface area contributed by atoms with Crippen molar-refractivity contribution in [3.8, 4) is 51.7 Å². The molecule has 1 aromatic heterocycles. The zero-order chi connectivity index (χ0) is 56.6. The van der Waals surface area contributed by atoms with Gasteiger partial charge >= 0.3 is 0 Å². The number of benzene rings is 7. The van der Waals surface area contributed by atoms with E-state index < -0.39 is 0 Å². The van der Waals surface area contributed by atoms with E-state index in [1.807, 2.05) is 48.5 Å². The molecule has 4 aliphatic rings. The molecular weight excluding hydrogens is 1150 g/mol. The third kappa shape index (κ3) is 14.0. The van der Waals surface area contributed by atoms with Crippen LogP contribution < -0.4 is 21.3 Å². The summed E-state index contributed by atoms with van der Waals surface area (Å²) in [5.41, 5.74) is 10.1. The lowest BCUT2D eigenvalue weighted by atomic mass is 9.82. The van der Waals surface area contributed by atoms with E-state index >= 15 is 0 Å². The number of halogens is 3. The highest BCUT2D eigenvalue weighted by Gasteiger charge is 2.35. The van der Waals surface area contributed by atoms with E-state index in [0.29, 0.717) is 28.7 Å². The van der Waals surface area contributed by atoms with Gasteiger partial charge in [-0.15, -0.1) is 28.3 Å². The molecule has 13 N–H and O–H groups in total. The van der Waals surface area contributed by atoms with E-state index in [2.05, 4.69) is 70.8 Å². The van der Waals surface area contributed by atoms with Crippen molar-refractivity contribution in [2.75, 3.05) is 52.4 Å². The van der Waals surface area contributed by atoms with E-state index in [1.54, 1.807) is 65.9 Å². The van der Waals surface area contributed by atoms with E-state index in [-0.39, 0.29) is 92.4 Å². The fourth-order valence-electron chi connectivity index (χ4n) is 11.8. The third-order valence-corrected chi connectivity index (χ3v) is 18.0. The van der Waals surface area contributed by atoms with Crippen molar-refractivity contribution >= 4 is 51.5 Å². The summed E-state index contributed by atoms with van der Waals surface area (Å²) in [6.45, 7) is 11.2. The summed E-state index contributed by atoms with van der Waals surface area (Å²) in [7, 11) is 0. The molecule has 8 unspecified atom stereocenters. The zero-order valence-electron chi connectivity index (χ0n) is 44.8. The largest absolute Gasteiger partial charge is 0.506 e. The molecule has 0 bridgehead atoms. The second-order valence-electron chi connectivity index (χ2n) is 21.0. The maximum Gasteiger partial charge on any atom is 0.157 e. The van der Waals surface area contributed by atoms with Crippen LogP contribution in [0.15, 0.2) is 151 Å². The minimum absolute atomic E-state index is 0. The molecule has 7 aromatic carbocycles. The Morgan fingerprint density at radius 1 is 0.346 bits per heavy atom. The molecule has 8 aromatic rings.